The number of hydrogen-bond donors (Lipinski definition) is 3. The lowest BCUT2D eigenvalue weighted by Crippen LogP contribution is -2.32. The van der Waals surface area contributed by atoms with Gasteiger partial charge >= 0.3 is 0 Å². The van der Waals surface area contributed by atoms with Crippen LogP contribution < -0.4 is 21.1 Å². The molecular formula is C21H26N6S2. The fourth-order valence-electron chi connectivity index (χ4n) is 2.38. The van der Waals surface area contributed by atoms with Gasteiger partial charge in [-0.25, -0.2) is 0 Å². The second-order valence-corrected chi connectivity index (χ2v) is 7.21. The molecule has 0 amide bonds. The molecule has 0 aliphatic rings. The molecule has 6 nitrogen and oxygen atoms in total. The molecule has 2 rings (SSSR count). The third-order valence-corrected chi connectivity index (χ3v) is 4.71. The molecule has 29 heavy (non-hydrogen) atoms. The molecule has 0 saturated heterocycles. The van der Waals surface area contributed by atoms with E-state index in [4.69, 9.17) is 24.4 Å². The number of hydrogen-bond acceptors (Lipinski definition) is 5. The smallest absolute Gasteiger partial charge is 0.186 e. The maximum absolute atomic E-state index is 5.29. The monoisotopic (exact) mass is 426 g/mol. The van der Waals surface area contributed by atoms with Crippen molar-refractivity contribution in [1.82, 2.24) is 16.2 Å². The maximum Gasteiger partial charge on any atom is 0.186 e. The summed E-state index contributed by atoms with van der Waals surface area (Å²) >= 11 is 10.5. The zero-order valence-corrected chi connectivity index (χ0v) is 18.7. The Hall–Kier alpha value is -2.84. The van der Waals surface area contributed by atoms with Crippen LogP contribution >= 0.6 is 24.4 Å². The highest BCUT2D eigenvalue weighted by Crippen LogP contribution is 2.15. The van der Waals surface area contributed by atoms with Crippen molar-refractivity contribution in [3.63, 3.8) is 0 Å². The number of nitrogens with zero attached hydrogens (tertiary/aromatic N) is 3. The molecule has 0 fully saturated rings. The first kappa shape index (κ1) is 22.4. The molecule has 0 heterocycles. The minimum Gasteiger partial charge on any atom is -0.378 e. The SMILES string of the molecule is CCC(=S)NN=C(C(=NNC(=S)NC)c1ccc(N(C)C)cc1)c1ccccc1. The number of anilines is 1. The number of nitrogens with one attached hydrogen (secondary N) is 3. The molecule has 0 aromatic heterocycles. The minimum absolute atomic E-state index is 0.414. The van der Waals surface area contributed by atoms with E-state index in [1.165, 1.54) is 0 Å². The van der Waals surface area contributed by atoms with Gasteiger partial charge in [0.2, 0.25) is 0 Å². The van der Waals surface area contributed by atoms with Gasteiger partial charge in [0.15, 0.2) is 5.11 Å². The van der Waals surface area contributed by atoms with E-state index in [9.17, 15) is 0 Å². The predicted octanol–water partition coefficient (Wildman–Crippen LogP) is 3.28. The van der Waals surface area contributed by atoms with Crippen molar-refractivity contribution in [1.29, 1.82) is 0 Å². The Morgan fingerprint density at radius 1 is 0.862 bits per heavy atom. The van der Waals surface area contributed by atoms with E-state index >= 15 is 0 Å². The van der Waals surface area contributed by atoms with Crippen LogP contribution in [0.25, 0.3) is 0 Å². The van der Waals surface area contributed by atoms with Crippen LogP contribution in [0.3, 0.4) is 0 Å². The lowest BCUT2D eigenvalue weighted by atomic mass is 9.99. The molecule has 8 heteroatoms. The van der Waals surface area contributed by atoms with E-state index < -0.39 is 0 Å². The summed E-state index contributed by atoms with van der Waals surface area (Å²) in [6.45, 7) is 1.98. The molecule has 0 atom stereocenters. The standard InChI is InChI=1S/C21H26N6S2/c1-5-18(28)23-24-19(15-9-7-6-8-10-15)20(25-26-21(29)22-2)16-11-13-17(14-12-16)27(3)4/h6-14H,5H2,1-4H3,(H,23,28)(H2,22,26,29). The van der Waals surface area contributed by atoms with Gasteiger partial charge in [0.1, 0.15) is 11.4 Å². The highest BCUT2D eigenvalue weighted by Gasteiger charge is 2.16. The molecule has 2 aromatic carbocycles. The van der Waals surface area contributed by atoms with Gasteiger partial charge in [0.25, 0.3) is 0 Å². The quantitative estimate of drug-likeness (QED) is 0.359. The van der Waals surface area contributed by atoms with Crippen LogP contribution in [-0.4, -0.2) is 42.7 Å². The number of thiocarbonyl (C=S) groups is 2. The van der Waals surface area contributed by atoms with E-state index in [0.29, 0.717) is 27.9 Å². The summed E-state index contributed by atoms with van der Waals surface area (Å²) in [6, 6.07) is 17.9. The number of rotatable bonds is 7. The van der Waals surface area contributed by atoms with Crippen LogP contribution in [0.4, 0.5) is 5.69 Å². The van der Waals surface area contributed by atoms with Crippen LogP contribution in [0.1, 0.15) is 24.5 Å². The average molecular weight is 427 g/mol. The van der Waals surface area contributed by atoms with Crippen molar-refractivity contribution >= 4 is 51.6 Å². The number of benzene rings is 2. The fraction of sp³-hybridized carbons (Fsp3) is 0.238. The zero-order valence-electron chi connectivity index (χ0n) is 17.1. The van der Waals surface area contributed by atoms with Gasteiger partial charge in [-0.1, -0.05) is 61.6 Å². The molecule has 0 aliphatic carbocycles. The molecule has 0 radical (unpaired) electrons. The topological polar surface area (TPSA) is 64.0 Å². The van der Waals surface area contributed by atoms with Crippen LogP contribution in [0, 0.1) is 0 Å². The van der Waals surface area contributed by atoms with E-state index in [0.717, 1.165) is 16.8 Å². The lowest BCUT2D eigenvalue weighted by molar-refractivity contribution is 0.974. The van der Waals surface area contributed by atoms with Gasteiger partial charge in [0.05, 0.1) is 4.99 Å². The highest BCUT2D eigenvalue weighted by atomic mass is 32.1. The maximum atomic E-state index is 5.29. The van der Waals surface area contributed by atoms with Gasteiger partial charge in [-0.3, -0.25) is 10.9 Å². The summed E-state index contributed by atoms with van der Waals surface area (Å²) in [6.07, 6.45) is 0.701. The molecular weight excluding hydrogens is 400 g/mol. The normalized spacial score (nSPS) is 11.6. The second kappa shape index (κ2) is 11.2. The van der Waals surface area contributed by atoms with Crippen LogP contribution in [-0.2, 0) is 0 Å². The van der Waals surface area contributed by atoms with Crippen molar-refractivity contribution in [3.8, 4) is 0 Å². The van der Waals surface area contributed by atoms with E-state index in [1.54, 1.807) is 7.05 Å². The van der Waals surface area contributed by atoms with E-state index in [-0.39, 0.29) is 0 Å². The Labute approximate surface area is 183 Å². The summed E-state index contributed by atoms with van der Waals surface area (Å²) in [5.41, 5.74) is 10.0. The molecule has 0 unspecified atom stereocenters. The van der Waals surface area contributed by atoms with Gasteiger partial charge in [0, 0.05) is 38.0 Å². The lowest BCUT2D eigenvalue weighted by Gasteiger charge is -2.15. The summed E-state index contributed by atoms with van der Waals surface area (Å²) in [5, 5.41) is 12.4. The first-order valence-corrected chi connectivity index (χ1v) is 10.0. The molecule has 2 aromatic rings. The first-order chi connectivity index (χ1) is 14.0. The molecule has 3 N–H and O–H groups in total. The molecule has 0 spiro atoms. The zero-order chi connectivity index (χ0) is 21.2. The average Bonchev–Trinajstić information content (AvgIpc) is 2.76. The van der Waals surface area contributed by atoms with E-state index in [2.05, 4.69) is 26.4 Å². The molecule has 0 aliphatic heterocycles. The molecule has 152 valence electrons. The van der Waals surface area contributed by atoms with Crippen molar-refractivity contribution in [2.75, 3.05) is 26.0 Å². The van der Waals surface area contributed by atoms with E-state index in [1.807, 2.05) is 80.5 Å². The summed E-state index contributed by atoms with van der Waals surface area (Å²) in [7, 11) is 5.75. The van der Waals surface area contributed by atoms with Gasteiger partial charge in [-0.2, -0.15) is 10.2 Å². The summed E-state index contributed by atoms with van der Waals surface area (Å²) in [5.74, 6) is 0. The Balaban J connectivity index is 2.57. The Morgan fingerprint density at radius 2 is 1.41 bits per heavy atom. The second-order valence-electron chi connectivity index (χ2n) is 6.31. The predicted molar refractivity (Wildman–Crippen MR) is 131 cm³/mol. The molecule has 0 bridgehead atoms. The molecule has 0 saturated carbocycles. The Morgan fingerprint density at radius 3 is 1.93 bits per heavy atom. The Kier molecular flexibility index (Phi) is 8.69. The first-order valence-electron chi connectivity index (χ1n) is 9.21. The highest BCUT2D eigenvalue weighted by molar-refractivity contribution is 7.80. The summed E-state index contributed by atoms with van der Waals surface area (Å²) < 4.78 is 0. The fourth-order valence-corrected chi connectivity index (χ4v) is 2.47. The summed E-state index contributed by atoms with van der Waals surface area (Å²) in [4.78, 5) is 2.70. The minimum atomic E-state index is 0.414. The van der Waals surface area contributed by atoms with Crippen LogP contribution in [0.15, 0.2) is 64.8 Å². The van der Waals surface area contributed by atoms with Gasteiger partial charge < -0.3 is 10.2 Å². The van der Waals surface area contributed by atoms with Crippen molar-refractivity contribution < 1.29 is 0 Å². The van der Waals surface area contributed by atoms with Gasteiger partial charge in [-0.15, -0.1) is 0 Å². The van der Waals surface area contributed by atoms with Crippen molar-refractivity contribution in [2.45, 2.75) is 13.3 Å². The largest absolute Gasteiger partial charge is 0.378 e. The third kappa shape index (κ3) is 6.62. The van der Waals surface area contributed by atoms with Gasteiger partial charge in [-0.05, 0) is 30.8 Å². The number of hydrazone groups is 2. The van der Waals surface area contributed by atoms with Crippen molar-refractivity contribution in [2.24, 2.45) is 10.2 Å². The van der Waals surface area contributed by atoms with Crippen LogP contribution in [0.5, 0.6) is 0 Å². The van der Waals surface area contributed by atoms with Crippen molar-refractivity contribution in [3.05, 3.63) is 65.7 Å². The third-order valence-electron chi connectivity index (χ3n) is 4.04. The Bertz CT molecular complexity index is 889. The van der Waals surface area contributed by atoms with Crippen LogP contribution in [0.2, 0.25) is 0 Å².